The molecule has 0 amide bonds. The van der Waals surface area contributed by atoms with Gasteiger partial charge in [-0.25, -0.2) is 0 Å². The van der Waals surface area contributed by atoms with Crippen LogP contribution < -0.4 is 5.32 Å². The highest BCUT2D eigenvalue weighted by Gasteiger charge is 2.31. The molecule has 2 heterocycles. The highest BCUT2D eigenvalue weighted by molar-refractivity contribution is 5.86. The number of rotatable bonds is 5. The van der Waals surface area contributed by atoms with Crippen molar-refractivity contribution in [1.29, 1.82) is 0 Å². The number of amidine groups is 1. The fraction of sp³-hybridized carbons (Fsp3) is 0.429. The summed E-state index contributed by atoms with van der Waals surface area (Å²) in [6.07, 6.45) is 10.4. The summed E-state index contributed by atoms with van der Waals surface area (Å²) < 4.78 is 6.13. The Morgan fingerprint density at radius 3 is 2.52 bits per heavy atom. The molecule has 0 radical (unpaired) electrons. The van der Waals surface area contributed by atoms with Crippen molar-refractivity contribution in [2.75, 3.05) is 6.61 Å². The Kier molecular flexibility index (Phi) is 5.07. The number of nitrogens with one attached hydrogen (secondary N) is 1. The Hall–Kier alpha value is -2.20. The largest absolute Gasteiger partial charge is 0.370 e. The van der Waals surface area contributed by atoms with E-state index in [4.69, 9.17) is 9.73 Å². The molecule has 1 aliphatic carbocycles. The first-order chi connectivity index (χ1) is 12.4. The summed E-state index contributed by atoms with van der Waals surface area (Å²) in [7, 11) is 0. The van der Waals surface area contributed by atoms with Gasteiger partial charge in [-0.05, 0) is 30.0 Å². The van der Waals surface area contributed by atoms with Crippen molar-refractivity contribution < 1.29 is 4.74 Å². The van der Waals surface area contributed by atoms with E-state index in [9.17, 15) is 0 Å². The topological polar surface area (TPSA) is 46.5 Å². The van der Waals surface area contributed by atoms with Gasteiger partial charge in [-0.3, -0.25) is 9.98 Å². The highest BCUT2D eigenvalue weighted by atomic mass is 16.5. The summed E-state index contributed by atoms with van der Waals surface area (Å²) in [6, 6.07) is 14.8. The molecule has 2 aliphatic rings. The van der Waals surface area contributed by atoms with Gasteiger partial charge < -0.3 is 10.1 Å². The molecule has 4 rings (SSSR count). The average molecular weight is 335 g/mol. The molecule has 0 spiro atoms. The normalized spacial score (nSPS) is 23.9. The first-order valence-electron chi connectivity index (χ1n) is 9.30. The number of hydrogen-bond acceptors (Lipinski definition) is 4. The Balaban J connectivity index is 1.50. The lowest BCUT2D eigenvalue weighted by atomic mass is 9.96. The van der Waals surface area contributed by atoms with Crippen molar-refractivity contribution in [3.05, 3.63) is 66.0 Å². The Morgan fingerprint density at radius 2 is 1.76 bits per heavy atom. The fourth-order valence-electron chi connectivity index (χ4n) is 3.79. The standard InChI is InChI=1S/C21H25N3O/c1-3-8-16(9-4-1)20-21(17-10-7-13-22-14-17)24-19(23-20)15-25-18-11-5-2-6-12-18/h1,3-4,7-10,13-14,18,20-21H,2,5-6,11-12,15H2,(H,23,24). The van der Waals surface area contributed by atoms with Crippen LogP contribution in [0.25, 0.3) is 0 Å². The van der Waals surface area contributed by atoms with Gasteiger partial charge in [0.15, 0.2) is 0 Å². The molecule has 4 nitrogen and oxygen atoms in total. The minimum Gasteiger partial charge on any atom is -0.370 e. The number of aromatic nitrogens is 1. The molecule has 25 heavy (non-hydrogen) atoms. The molecular formula is C21H25N3O. The molecule has 4 heteroatoms. The van der Waals surface area contributed by atoms with Crippen LogP contribution in [0.2, 0.25) is 0 Å². The van der Waals surface area contributed by atoms with Crippen molar-refractivity contribution >= 4 is 5.84 Å². The van der Waals surface area contributed by atoms with Gasteiger partial charge in [-0.15, -0.1) is 0 Å². The number of nitrogens with zero attached hydrogens (tertiary/aromatic N) is 2. The number of ether oxygens (including phenoxy) is 1. The minimum atomic E-state index is 0.0426. The summed E-state index contributed by atoms with van der Waals surface area (Å²) in [5.41, 5.74) is 2.38. The molecule has 2 aromatic rings. The molecule has 2 unspecified atom stereocenters. The monoisotopic (exact) mass is 335 g/mol. The van der Waals surface area contributed by atoms with Gasteiger partial charge in [0.1, 0.15) is 18.5 Å². The molecule has 1 aliphatic heterocycles. The van der Waals surface area contributed by atoms with E-state index in [1.54, 1.807) is 6.20 Å². The van der Waals surface area contributed by atoms with Crippen LogP contribution in [0.4, 0.5) is 0 Å². The predicted octanol–water partition coefficient (Wildman–Crippen LogP) is 4.22. The number of benzene rings is 1. The third-order valence-corrected chi connectivity index (χ3v) is 5.13. The zero-order valence-corrected chi connectivity index (χ0v) is 14.5. The number of hydrogen-bond donors (Lipinski definition) is 1. The van der Waals surface area contributed by atoms with Crippen LogP contribution in [0.15, 0.2) is 59.9 Å². The summed E-state index contributed by atoms with van der Waals surface area (Å²) >= 11 is 0. The number of aliphatic imine (C=N–C) groups is 1. The van der Waals surface area contributed by atoms with E-state index in [1.165, 1.54) is 37.7 Å². The smallest absolute Gasteiger partial charge is 0.124 e. The molecule has 1 fully saturated rings. The third kappa shape index (κ3) is 3.90. The Labute approximate surface area is 149 Å². The van der Waals surface area contributed by atoms with Crippen LogP contribution in [0, 0.1) is 0 Å². The van der Waals surface area contributed by atoms with Crippen LogP contribution in [0.3, 0.4) is 0 Å². The van der Waals surface area contributed by atoms with Crippen molar-refractivity contribution in [2.45, 2.75) is 50.3 Å². The fourth-order valence-corrected chi connectivity index (χ4v) is 3.79. The lowest BCUT2D eigenvalue weighted by molar-refractivity contribution is 0.0519. The zero-order valence-electron chi connectivity index (χ0n) is 14.5. The van der Waals surface area contributed by atoms with Crippen LogP contribution in [0.5, 0.6) is 0 Å². The minimum absolute atomic E-state index is 0.0426. The first kappa shape index (κ1) is 16.3. The van der Waals surface area contributed by atoms with Gasteiger partial charge in [0, 0.05) is 12.4 Å². The van der Waals surface area contributed by atoms with E-state index in [-0.39, 0.29) is 12.1 Å². The summed E-state index contributed by atoms with van der Waals surface area (Å²) in [5.74, 6) is 0.952. The molecule has 130 valence electrons. The van der Waals surface area contributed by atoms with Crippen LogP contribution in [-0.2, 0) is 4.74 Å². The van der Waals surface area contributed by atoms with Gasteiger partial charge in [0.25, 0.3) is 0 Å². The zero-order chi connectivity index (χ0) is 16.9. The molecule has 1 saturated carbocycles. The van der Waals surface area contributed by atoms with E-state index in [0.717, 1.165) is 11.4 Å². The summed E-state index contributed by atoms with van der Waals surface area (Å²) in [4.78, 5) is 9.21. The summed E-state index contributed by atoms with van der Waals surface area (Å²) in [5, 5.41) is 3.59. The lowest BCUT2D eigenvalue weighted by Crippen LogP contribution is -2.30. The van der Waals surface area contributed by atoms with E-state index in [2.05, 4.69) is 40.6 Å². The van der Waals surface area contributed by atoms with Gasteiger partial charge in [0.2, 0.25) is 0 Å². The van der Waals surface area contributed by atoms with Crippen LogP contribution in [0.1, 0.15) is 55.3 Å². The van der Waals surface area contributed by atoms with Crippen LogP contribution in [-0.4, -0.2) is 23.5 Å². The van der Waals surface area contributed by atoms with Crippen molar-refractivity contribution in [1.82, 2.24) is 10.3 Å². The molecule has 1 aromatic carbocycles. The molecule has 0 saturated heterocycles. The lowest BCUT2D eigenvalue weighted by Gasteiger charge is -2.22. The molecule has 2 atom stereocenters. The molecule has 1 N–H and O–H groups in total. The van der Waals surface area contributed by atoms with Gasteiger partial charge in [-0.1, -0.05) is 55.7 Å². The Bertz CT molecular complexity index is 696. The van der Waals surface area contributed by atoms with E-state index < -0.39 is 0 Å². The second kappa shape index (κ2) is 7.79. The van der Waals surface area contributed by atoms with Crippen molar-refractivity contribution in [3.63, 3.8) is 0 Å². The van der Waals surface area contributed by atoms with E-state index >= 15 is 0 Å². The maximum atomic E-state index is 6.13. The van der Waals surface area contributed by atoms with Gasteiger partial charge >= 0.3 is 0 Å². The van der Waals surface area contributed by atoms with Crippen LogP contribution >= 0.6 is 0 Å². The van der Waals surface area contributed by atoms with E-state index in [0.29, 0.717) is 12.7 Å². The first-order valence-corrected chi connectivity index (χ1v) is 9.30. The second-order valence-corrected chi connectivity index (χ2v) is 6.91. The molecule has 1 aromatic heterocycles. The average Bonchev–Trinajstić information content (AvgIpc) is 3.13. The van der Waals surface area contributed by atoms with Crippen molar-refractivity contribution in [2.24, 2.45) is 4.99 Å². The number of pyridine rings is 1. The molecule has 0 bridgehead atoms. The predicted molar refractivity (Wildman–Crippen MR) is 99.6 cm³/mol. The maximum absolute atomic E-state index is 6.13. The van der Waals surface area contributed by atoms with E-state index in [1.807, 2.05) is 18.3 Å². The maximum Gasteiger partial charge on any atom is 0.124 e. The Morgan fingerprint density at radius 1 is 0.960 bits per heavy atom. The quantitative estimate of drug-likeness (QED) is 0.890. The third-order valence-electron chi connectivity index (χ3n) is 5.13. The molecular weight excluding hydrogens is 310 g/mol. The SMILES string of the molecule is c1ccc(C2NC(COC3CCCCC3)=NC2c2cccnc2)cc1. The van der Waals surface area contributed by atoms with Crippen molar-refractivity contribution in [3.8, 4) is 0 Å². The highest BCUT2D eigenvalue weighted by Crippen LogP contribution is 2.35. The summed E-state index contributed by atoms with van der Waals surface area (Å²) in [6.45, 7) is 0.574. The van der Waals surface area contributed by atoms with Gasteiger partial charge in [0.05, 0.1) is 12.1 Å². The van der Waals surface area contributed by atoms with Gasteiger partial charge in [-0.2, -0.15) is 0 Å². The second-order valence-electron chi connectivity index (χ2n) is 6.91.